The van der Waals surface area contributed by atoms with Crippen molar-refractivity contribution in [2.75, 3.05) is 6.79 Å². The third-order valence-corrected chi connectivity index (χ3v) is 5.64. The normalized spacial score (nSPS) is 11.5. The molecule has 0 radical (unpaired) electrons. The van der Waals surface area contributed by atoms with E-state index in [4.69, 9.17) is 9.47 Å². The molecule has 0 saturated heterocycles. The largest absolute Gasteiger partial charge is 0.573 e. The van der Waals surface area contributed by atoms with Gasteiger partial charge in [-0.2, -0.15) is 0 Å². The molecular weight excluding hydrogens is 413 g/mol. The van der Waals surface area contributed by atoms with Crippen LogP contribution in [-0.2, 0) is 11.2 Å². The van der Waals surface area contributed by atoms with Crippen LogP contribution in [-0.4, -0.2) is 13.2 Å². The summed E-state index contributed by atoms with van der Waals surface area (Å²) in [5, 5.41) is 0.914. The number of fused-ring (bicyclic) bond motifs is 1. The van der Waals surface area contributed by atoms with Gasteiger partial charge >= 0.3 is 6.36 Å². The Morgan fingerprint density at radius 2 is 1.90 bits per heavy atom. The van der Waals surface area contributed by atoms with Gasteiger partial charge in [-0.15, -0.1) is 24.5 Å². The summed E-state index contributed by atoms with van der Waals surface area (Å²) in [4.78, 5) is 0.698. The maximum absolute atomic E-state index is 13.0. The quantitative estimate of drug-likeness (QED) is 0.185. The van der Waals surface area contributed by atoms with Crippen LogP contribution >= 0.6 is 11.3 Å². The number of ether oxygens (including phenoxy) is 3. The topological polar surface area (TPSA) is 27.7 Å². The molecule has 0 saturated carbocycles. The lowest BCUT2D eigenvalue weighted by Gasteiger charge is -2.14. The fourth-order valence-electron chi connectivity index (χ4n) is 3.10. The average Bonchev–Trinajstić information content (AvgIpc) is 3.10. The first-order valence-corrected chi connectivity index (χ1v) is 10.5. The summed E-state index contributed by atoms with van der Waals surface area (Å²) in [6, 6.07) is 12.4. The SMILES string of the molecule is C=COCOc1ccc2cc(-c3ccc(CCCCC)cc3OC(F)(F)F)sc2c1. The standard InChI is InChI=1S/C23H23F3O3S/c1-3-5-6-7-16-8-11-19(20(12-16)29-23(24,25)26)22-13-17-9-10-18(14-21(17)30-22)28-15-27-4-2/h4,8-14H,2-3,5-7,15H2,1H3. The number of aryl methyl sites for hydroxylation is 1. The van der Waals surface area contributed by atoms with Gasteiger partial charge in [-0.25, -0.2) is 0 Å². The van der Waals surface area contributed by atoms with Crippen molar-refractivity contribution in [3.63, 3.8) is 0 Å². The lowest BCUT2D eigenvalue weighted by Crippen LogP contribution is -2.17. The monoisotopic (exact) mass is 436 g/mol. The molecule has 30 heavy (non-hydrogen) atoms. The number of unbranched alkanes of at least 4 members (excludes halogenated alkanes) is 2. The van der Waals surface area contributed by atoms with E-state index >= 15 is 0 Å². The minimum absolute atomic E-state index is 0.0380. The number of rotatable bonds is 10. The molecule has 0 spiro atoms. The van der Waals surface area contributed by atoms with E-state index < -0.39 is 6.36 Å². The molecule has 0 amide bonds. The van der Waals surface area contributed by atoms with Crippen LogP contribution in [0.2, 0.25) is 0 Å². The lowest BCUT2D eigenvalue weighted by molar-refractivity contribution is -0.274. The van der Waals surface area contributed by atoms with Crippen molar-refractivity contribution in [1.29, 1.82) is 0 Å². The summed E-state index contributed by atoms with van der Waals surface area (Å²) in [5.74, 6) is 0.440. The van der Waals surface area contributed by atoms with Crippen molar-refractivity contribution in [2.45, 2.75) is 39.0 Å². The van der Waals surface area contributed by atoms with Crippen LogP contribution in [0, 0.1) is 0 Å². The smallest absolute Gasteiger partial charge is 0.466 e. The summed E-state index contributed by atoms with van der Waals surface area (Å²) in [6.45, 7) is 5.57. The van der Waals surface area contributed by atoms with E-state index in [9.17, 15) is 13.2 Å². The van der Waals surface area contributed by atoms with Crippen molar-refractivity contribution in [1.82, 2.24) is 0 Å². The number of benzene rings is 2. The van der Waals surface area contributed by atoms with Gasteiger partial charge in [0.05, 0.1) is 6.26 Å². The molecule has 160 valence electrons. The Morgan fingerprint density at radius 3 is 2.63 bits per heavy atom. The Balaban J connectivity index is 1.92. The van der Waals surface area contributed by atoms with Crippen molar-refractivity contribution < 1.29 is 27.4 Å². The molecule has 0 unspecified atom stereocenters. The zero-order valence-electron chi connectivity index (χ0n) is 16.6. The maximum atomic E-state index is 13.0. The molecule has 3 nitrogen and oxygen atoms in total. The zero-order chi connectivity index (χ0) is 21.6. The van der Waals surface area contributed by atoms with E-state index in [1.54, 1.807) is 12.1 Å². The average molecular weight is 436 g/mol. The number of hydrogen-bond donors (Lipinski definition) is 0. The Hall–Kier alpha value is -2.67. The summed E-state index contributed by atoms with van der Waals surface area (Å²) >= 11 is 1.38. The predicted octanol–water partition coefficient (Wildman–Crippen LogP) is 7.70. The highest BCUT2D eigenvalue weighted by atomic mass is 32.1. The number of hydrogen-bond acceptors (Lipinski definition) is 4. The second kappa shape index (κ2) is 9.89. The summed E-state index contributed by atoms with van der Waals surface area (Å²) < 4.78 is 54.8. The first-order chi connectivity index (χ1) is 14.4. The Kier molecular flexibility index (Phi) is 7.26. The van der Waals surface area contributed by atoms with Crippen LogP contribution in [0.15, 0.2) is 55.3 Å². The van der Waals surface area contributed by atoms with E-state index in [0.717, 1.165) is 41.3 Å². The minimum Gasteiger partial charge on any atom is -0.466 e. The molecule has 0 atom stereocenters. The van der Waals surface area contributed by atoms with E-state index in [-0.39, 0.29) is 12.5 Å². The van der Waals surface area contributed by atoms with Gasteiger partial charge in [-0.3, -0.25) is 0 Å². The Bertz CT molecular complexity index is 995. The molecule has 0 aliphatic carbocycles. The molecule has 3 aromatic rings. The van der Waals surface area contributed by atoms with Crippen LogP contribution < -0.4 is 9.47 Å². The van der Waals surface area contributed by atoms with Crippen LogP contribution in [0.5, 0.6) is 11.5 Å². The maximum Gasteiger partial charge on any atom is 0.573 e. The summed E-state index contributed by atoms with van der Waals surface area (Å²) in [5.41, 5.74) is 1.26. The molecule has 1 heterocycles. The predicted molar refractivity (Wildman–Crippen MR) is 114 cm³/mol. The minimum atomic E-state index is -4.75. The van der Waals surface area contributed by atoms with Gasteiger partial charge in [0.25, 0.3) is 0 Å². The van der Waals surface area contributed by atoms with Crippen LogP contribution in [0.1, 0.15) is 31.7 Å². The second-order valence-corrected chi connectivity index (χ2v) is 7.83. The highest BCUT2D eigenvalue weighted by Crippen LogP contribution is 2.41. The van der Waals surface area contributed by atoms with Crippen LogP contribution in [0.3, 0.4) is 0 Å². The third kappa shape index (κ3) is 5.92. The first kappa shape index (κ1) is 22.0. The van der Waals surface area contributed by atoms with Crippen molar-refractivity contribution >= 4 is 21.4 Å². The molecule has 0 fully saturated rings. The van der Waals surface area contributed by atoms with E-state index in [1.165, 1.54) is 23.7 Å². The zero-order valence-corrected chi connectivity index (χ0v) is 17.4. The second-order valence-electron chi connectivity index (χ2n) is 6.74. The third-order valence-electron chi connectivity index (χ3n) is 4.51. The lowest BCUT2D eigenvalue weighted by atomic mass is 10.0. The molecule has 0 aliphatic rings. The van der Waals surface area contributed by atoms with Gasteiger partial charge in [0.1, 0.15) is 11.5 Å². The van der Waals surface area contributed by atoms with E-state index in [2.05, 4.69) is 18.2 Å². The van der Waals surface area contributed by atoms with Crippen LogP contribution in [0.4, 0.5) is 13.2 Å². The molecule has 0 aliphatic heterocycles. The van der Waals surface area contributed by atoms with Gasteiger partial charge in [-0.1, -0.05) is 32.4 Å². The number of alkyl halides is 3. The molecular formula is C23H23F3O3S. The highest BCUT2D eigenvalue weighted by Gasteiger charge is 2.32. The van der Waals surface area contributed by atoms with Gasteiger partial charge in [0, 0.05) is 15.1 Å². The molecule has 0 N–H and O–H groups in total. The highest BCUT2D eigenvalue weighted by molar-refractivity contribution is 7.22. The molecule has 7 heteroatoms. The fourth-order valence-corrected chi connectivity index (χ4v) is 4.22. The van der Waals surface area contributed by atoms with Gasteiger partial charge in [0.2, 0.25) is 6.79 Å². The molecule has 2 aromatic carbocycles. The number of thiophene rings is 1. The van der Waals surface area contributed by atoms with Gasteiger partial charge in [-0.05, 0) is 60.2 Å². The fraction of sp³-hybridized carbons (Fsp3) is 0.304. The van der Waals surface area contributed by atoms with Gasteiger partial charge < -0.3 is 14.2 Å². The van der Waals surface area contributed by atoms with Gasteiger partial charge in [0.15, 0.2) is 0 Å². The molecule has 0 bridgehead atoms. The van der Waals surface area contributed by atoms with E-state index in [0.29, 0.717) is 16.2 Å². The first-order valence-electron chi connectivity index (χ1n) is 9.67. The molecule has 1 aromatic heterocycles. The Labute approximate surface area is 177 Å². The molecule has 3 rings (SSSR count). The van der Waals surface area contributed by atoms with E-state index in [1.807, 2.05) is 24.3 Å². The van der Waals surface area contributed by atoms with Crippen molar-refractivity contribution in [3.8, 4) is 21.9 Å². The van der Waals surface area contributed by atoms with Crippen molar-refractivity contribution in [3.05, 3.63) is 60.9 Å². The summed E-state index contributed by atoms with van der Waals surface area (Å²) in [6.07, 6.45) is 0.285. The number of halogens is 3. The van der Waals surface area contributed by atoms with Crippen LogP contribution in [0.25, 0.3) is 20.5 Å². The van der Waals surface area contributed by atoms with Crippen molar-refractivity contribution in [2.24, 2.45) is 0 Å². The Morgan fingerprint density at radius 1 is 1.07 bits per heavy atom. The summed E-state index contributed by atoms with van der Waals surface area (Å²) in [7, 11) is 0.